The molecular weight excluding hydrogens is 1130 g/mol. The Morgan fingerprint density at radius 2 is 1.17 bits per heavy atom. The van der Waals surface area contributed by atoms with Crippen LogP contribution in [-0.2, 0) is 38.4 Å². The minimum absolute atomic E-state index is 0.258. The van der Waals surface area contributed by atoms with Crippen molar-refractivity contribution in [2.45, 2.75) is 79.2 Å². The Kier molecular flexibility index (Phi) is 21.6. The molecule has 2 aliphatic heterocycles. The van der Waals surface area contributed by atoms with Gasteiger partial charge in [-0.2, -0.15) is 0 Å². The van der Waals surface area contributed by atoms with Crippen LogP contribution >= 0.6 is 39.1 Å². The topological polar surface area (TPSA) is 160 Å². The lowest BCUT2D eigenvalue weighted by Crippen LogP contribution is -2.41. The highest BCUT2D eigenvalue weighted by molar-refractivity contribution is 9.10. The first kappa shape index (κ1) is 61.4. The molecule has 13 nitrogen and oxygen atoms in total. The highest BCUT2D eigenvalue weighted by Gasteiger charge is 2.52. The SMILES string of the molecule is CC1(C)OB(c2cccc(Cl)n2)OC1(C)C.CCOC(=O)c1ccc(-c2cccc(Cl)n2)cc1.CCOC(=O)c1ccc(Br)cc1.Cc1ccc(OCc2ccc3c(c2)CCN(C)C3)c(-c2cccc(-c3ccc(C(=O)O)cc3)n2)c1. The molecule has 0 saturated carbocycles. The van der Waals surface area contributed by atoms with Crippen molar-refractivity contribution in [2.24, 2.45) is 0 Å². The van der Waals surface area contributed by atoms with Crippen molar-refractivity contribution in [1.82, 2.24) is 19.9 Å². The summed E-state index contributed by atoms with van der Waals surface area (Å²) in [7, 11) is 1.72. The van der Waals surface area contributed by atoms with Gasteiger partial charge in [0.2, 0.25) is 0 Å². The largest absolute Gasteiger partial charge is 0.514 e. The Morgan fingerprint density at radius 1 is 0.642 bits per heavy atom. The molecule has 0 radical (unpaired) electrons. The fraction of sp³-hybridized carbons (Fsp3) is 0.250. The van der Waals surface area contributed by atoms with Crippen molar-refractivity contribution < 1.29 is 43.0 Å². The first-order valence-corrected chi connectivity index (χ1v) is 27.9. The molecule has 0 spiro atoms. The summed E-state index contributed by atoms with van der Waals surface area (Å²) < 4.78 is 28.7. The number of likely N-dealkylation sites (N-methyl/N-ethyl adjacent to an activating group) is 1. The number of aromatic carboxylic acids is 1. The molecular formula is C64H64BBrCl2N4O9. The summed E-state index contributed by atoms with van der Waals surface area (Å²) in [4.78, 5) is 49.4. The number of carbonyl (C=O) groups excluding carboxylic acids is 2. The molecule has 17 heteroatoms. The second-order valence-corrected chi connectivity index (χ2v) is 21.7. The van der Waals surface area contributed by atoms with Crippen LogP contribution in [0.5, 0.6) is 5.75 Å². The van der Waals surface area contributed by atoms with E-state index in [-0.39, 0.29) is 28.7 Å². The second kappa shape index (κ2) is 28.5. The number of benzene rings is 5. The predicted molar refractivity (Wildman–Crippen MR) is 323 cm³/mol. The minimum atomic E-state index is -0.939. The first-order chi connectivity index (χ1) is 38.7. The molecule has 0 atom stereocenters. The van der Waals surface area contributed by atoms with Gasteiger partial charge in [0.1, 0.15) is 22.7 Å². The van der Waals surface area contributed by atoms with Gasteiger partial charge in [-0.25, -0.2) is 29.3 Å². The molecule has 418 valence electrons. The van der Waals surface area contributed by atoms with Gasteiger partial charge in [-0.15, -0.1) is 0 Å². The maximum atomic E-state index is 11.5. The number of rotatable bonds is 12. The number of carbonyl (C=O) groups is 3. The molecule has 5 heterocycles. The van der Waals surface area contributed by atoms with E-state index in [0.717, 1.165) is 69.1 Å². The van der Waals surface area contributed by atoms with E-state index >= 15 is 0 Å². The van der Waals surface area contributed by atoms with Crippen molar-refractivity contribution in [1.29, 1.82) is 0 Å². The molecule has 0 unspecified atom stereocenters. The number of aromatic nitrogens is 3. The van der Waals surface area contributed by atoms with Gasteiger partial charge in [-0.05, 0) is 176 Å². The highest BCUT2D eigenvalue weighted by Crippen LogP contribution is 2.37. The van der Waals surface area contributed by atoms with Crippen molar-refractivity contribution in [2.75, 3.05) is 26.8 Å². The third kappa shape index (κ3) is 17.1. The van der Waals surface area contributed by atoms with Crippen LogP contribution in [0.1, 0.15) is 94.9 Å². The molecule has 5 aromatic carbocycles. The van der Waals surface area contributed by atoms with Crippen molar-refractivity contribution in [3.05, 3.63) is 218 Å². The van der Waals surface area contributed by atoms with E-state index in [0.29, 0.717) is 46.8 Å². The molecule has 1 saturated heterocycles. The number of halogens is 3. The summed E-state index contributed by atoms with van der Waals surface area (Å²) in [6, 6.07) is 50.5. The molecule has 10 rings (SSSR count). The van der Waals surface area contributed by atoms with Gasteiger partial charge >= 0.3 is 25.0 Å². The molecule has 0 amide bonds. The maximum absolute atomic E-state index is 11.5. The number of pyridine rings is 3. The lowest BCUT2D eigenvalue weighted by molar-refractivity contribution is 0.00578. The molecule has 0 aliphatic carbocycles. The number of hydrogen-bond acceptors (Lipinski definition) is 12. The van der Waals surface area contributed by atoms with Gasteiger partial charge in [0, 0.05) is 34.3 Å². The van der Waals surface area contributed by atoms with E-state index in [1.807, 2.05) is 100 Å². The summed E-state index contributed by atoms with van der Waals surface area (Å²) in [6.45, 7) is 17.0. The zero-order chi connectivity index (χ0) is 58.3. The van der Waals surface area contributed by atoms with Crippen LogP contribution in [0.4, 0.5) is 0 Å². The Hall–Kier alpha value is -7.24. The smallest absolute Gasteiger partial charge is 0.488 e. The van der Waals surface area contributed by atoms with Crippen LogP contribution in [0.25, 0.3) is 33.8 Å². The lowest BCUT2D eigenvalue weighted by Gasteiger charge is -2.32. The molecule has 0 bridgehead atoms. The molecule has 1 N–H and O–H groups in total. The van der Waals surface area contributed by atoms with Crippen LogP contribution < -0.4 is 10.3 Å². The zero-order valence-electron chi connectivity index (χ0n) is 46.5. The number of carboxylic acid groups (broad SMARTS) is 1. The number of nitrogens with zero attached hydrogens (tertiary/aromatic N) is 4. The standard InChI is InChI=1S/C30H28N2O3.C14H12ClNO2.C11H15BClNO2.C9H9BrO2/c1-20-6-13-29(35-19-21-7-8-25-18-32(2)15-14-24(25)17-21)26(16-20)28-5-3-4-27(31-28)22-9-11-23(12-10-22)30(33)34;1-2-18-14(17)11-8-6-10(7-9-11)12-4-3-5-13(15)16-12;1-10(2)11(3,4)16-12(15-10)8-6-5-7-9(13)14-8;1-2-12-9(11)7-3-5-8(10)6-4-7/h3-13,16-17H,14-15,18-19H2,1-2H3,(H,33,34);3-9H,2H2,1H3;5-7H,1-4H3;3-6H,2H2,1H3. The van der Waals surface area contributed by atoms with E-state index in [4.69, 9.17) is 56.8 Å². The lowest BCUT2D eigenvalue weighted by atomic mass is 9.84. The third-order valence-corrected chi connectivity index (χ3v) is 14.4. The number of carboxylic acids is 1. The number of aryl methyl sites for hydroxylation is 1. The monoisotopic (exact) mass is 1190 g/mol. The summed E-state index contributed by atoms with van der Waals surface area (Å²) in [5.74, 6) is -0.738. The normalized spacial score (nSPS) is 13.8. The highest BCUT2D eigenvalue weighted by atomic mass is 79.9. The van der Waals surface area contributed by atoms with Gasteiger partial charge in [0.05, 0.1) is 63.8 Å². The molecule has 8 aromatic rings. The van der Waals surface area contributed by atoms with Crippen molar-refractivity contribution in [3.8, 4) is 39.5 Å². The van der Waals surface area contributed by atoms with Crippen LogP contribution in [0.2, 0.25) is 10.3 Å². The average molecular weight is 1190 g/mol. The fourth-order valence-corrected chi connectivity index (χ4v) is 8.98. The molecule has 81 heavy (non-hydrogen) atoms. The van der Waals surface area contributed by atoms with Gasteiger partial charge in [-0.3, -0.25) is 0 Å². The van der Waals surface area contributed by atoms with Crippen molar-refractivity contribution >= 4 is 69.8 Å². The number of fused-ring (bicyclic) bond motifs is 1. The Labute approximate surface area is 492 Å². The van der Waals surface area contributed by atoms with Crippen LogP contribution in [0.3, 0.4) is 0 Å². The Balaban J connectivity index is 0.000000172. The van der Waals surface area contributed by atoms with E-state index in [1.165, 1.54) is 16.7 Å². The average Bonchev–Trinajstić information content (AvgIpc) is 3.89. The van der Waals surface area contributed by atoms with Crippen LogP contribution in [0.15, 0.2) is 168 Å². The van der Waals surface area contributed by atoms with Gasteiger partial charge in [-0.1, -0.05) is 111 Å². The number of hydrogen-bond donors (Lipinski definition) is 1. The fourth-order valence-electron chi connectivity index (χ4n) is 8.38. The summed E-state index contributed by atoms with van der Waals surface area (Å²) >= 11 is 15.0. The Morgan fingerprint density at radius 3 is 1.74 bits per heavy atom. The molecule has 1 fully saturated rings. The van der Waals surface area contributed by atoms with E-state index < -0.39 is 13.1 Å². The zero-order valence-corrected chi connectivity index (χ0v) is 49.6. The summed E-state index contributed by atoms with van der Waals surface area (Å²) in [5, 5.41) is 10.1. The number of ether oxygens (including phenoxy) is 3. The molecule has 2 aliphatic rings. The van der Waals surface area contributed by atoms with E-state index in [9.17, 15) is 14.4 Å². The third-order valence-electron chi connectivity index (χ3n) is 13.4. The predicted octanol–water partition coefficient (Wildman–Crippen LogP) is 14.2. The number of esters is 2. The second-order valence-electron chi connectivity index (χ2n) is 20.0. The minimum Gasteiger partial charge on any atom is -0.488 e. The van der Waals surface area contributed by atoms with Crippen LogP contribution in [0, 0.1) is 6.92 Å². The van der Waals surface area contributed by atoms with Crippen molar-refractivity contribution in [3.63, 3.8) is 0 Å². The van der Waals surface area contributed by atoms with Gasteiger partial charge in [0.15, 0.2) is 0 Å². The summed E-state index contributed by atoms with van der Waals surface area (Å²) in [5.41, 5.74) is 11.6. The van der Waals surface area contributed by atoms with E-state index in [2.05, 4.69) is 75.1 Å². The molecule has 3 aromatic heterocycles. The Bertz CT molecular complexity index is 3420. The van der Waals surface area contributed by atoms with Gasteiger partial charge < -0.3 is 33.5 Å². The quantitative estimate of drug-likeness (QED) is 0.0700. The van der Waals surface area contributed by atoms with E-state index in [1.54, 1.807) is 74.5 Å². The van der Waals surface area contributed by atoms with Crippen LogP contribution in [-0.4, -0.2) is 88.0 Å². The maximum Gasteiger partial charge on any atom is 0.514 e. The summed E-state index contributed by atoms with van der Waals surface area (Å²) in [6.07, 6.45) is 1.07. The first-order valence-electron chi connectivity index (χ1n) is 26.4. The van der Waals surface area contributed by atoms with Gasteiger partial charge in [0.25, 0.3) is 0 Å².